The van der Waals surface area contributed by atoms with Crippen LogP contribution >= 0.6 is 0 Å². The smallest absolute Gasteiger partial charge is 0.212 e. The van der Waals surface area contributed by atoms with Crippen molar-refractivity contribution < 1.29 is 29.6 Å². The van der Waals surface area contributed by atoms with Gasteiger partial charge in [0.2, 0.25) is 30.1 Å². The molecule has 13 heteroatoms. The molecule has 0 atom stereocenters. The first-order chi connectivity index (χ1) is 21.6. The van der Waals surface area contributed by atoms with E-state index in [1.807, 2.05) is 83.1 Å². The fraction of sp³-hybridized carbons (Fsp3) is 0.526. The molecule has 51 heavy (non-hydrogen) atoms. The number of nitrogens with one attached hydrogen (secondary N) is 3. The van der Waals surface area contributed by atoms with Crippen molar-refractivity contribution in [1.82, 2.24) is 14.2 Å². The molecule has 3 aromatic carbocycles. The monoisotopic (exact) mass is 777 g/mol. The molecule has 0 heterocycles. The van der Waals surface area contributed by atoms with Crippen LogP contribution in [-0.2, 0) is 53.7 Å². The molecule has 9 nitrogen and oxygen atoms in total. The number of hydrogen-bond donors (Lipinski definition) is 3. The van der Waals surface area contributed by atoms with Crippen molar-refractivity contribution in [1.29, 1.82) is 0 Å². The fourth-order valence-electron chi connectivity index (χ4n) is 4.17. The van der Waals surface area contributed by atoms with Gasteiger partial charge >= 0.3 is 0 Å². The van der Waals surface area contributed by atoms with Gasteiger partial charge in [-0.1, -0.05) is 103 Å². The average molecular weight is 778 g/mol. The van der Waals surface area contributed by atoms with E-state index in [0.29, 0.717) is 0 Å². The van der Waals surface area contributed by atoms with Crippen molar-refractivity contribution in [2.45, 2.75) is 134 Å². The molecule has 296 valence electrons. The van der Waals surface area contributed by atoms with Crippen molar-refractivity contribution in [3.8, 4) is 0 Å². The molecular formula is C38H68FN3O6S3. The van der Waals surface area contributed by atoms with E-state index < -0.39 is 35.9 Å². The number of rotatable bonds is 13. The zero-order valence-electron chi connectivity index (χ0n) is 29.0. The van der Waals surface area contributed by atoms with Gasteiger partial charge in [0.25, 0.3) is 0 Å². The van der Waals surface area contributed by atoms with Gasteiger partial charge in [-0.15, -0.1) is 0 Å². The summed E-state index contributed by atoms with van der Waals surface area (Å²) >= 11 is 0. The molecule has 0 bridgehead atoms. The molecule has 3 rings (SSSR count). The highest BCUT2D eigenvalue weighted by Crippen LogP contribution is 2.13. The van der Waals surface area contributed by atoms with Gasteiger partial charge in [-0.05, 0) is 90.1 Å². The number of halogens is 1. The second-order valence-corrected chi connectivity index (χ2v) is 17.6. The summed E-state index contributed by atoms with van der Waals surface area (Å²) in [6, 6.07) is 19.5. The Hall–Kier alpha value is -2.68. The normalized spacial score (nSPS) is 11.1. The van der Waals surface area contributed by atoms with Crippen molar-refractivity contribution in [3.05, 3.63) is 106 Å². The van der Waals surface area contributed by atoms with Gasteiger partial charge in [0.05, 0.1) is 17.3 Å². The Balaban J connectivity index is -0.000000313. The van der Waals surface area contributed by atoms with E-state index in [-0.39, 0.29) is 70.7 Å². The summed E-state index contributed by atoms with van der Waals surface area (Å²) < 4.78 is 90.6. The Kier molecular flexibility index (Phi) is 27.3. The third-order valence-electron chi connectivity index (χ3n) is 6.07. The first-order valence-corrected chi connectivity index (χ1v) is 20.5. The third-order valence-corrected chi connectivity index (χ3v) is 10.7. The second kappa shape index (κ2) is 25.3. The first-order valence-electron chi connectivity index (χ1n) is 15.5. The van der Waals surface area contributed by atoms with E-state index in [0.717, 1.165) is 28.7 Å². The van der Waals surface area contributed by atoms with E-state index in [2.05, 4.69) is 21.1 Å². The van der Waals surface area contributed by atoms with Crippen molar-refractivity contribution in [2.24, 2.45) is 0 Å². The van der Waals surface area contributed by atoms with Gasteiger partial charge in [-0.2, -0.15) is 0 Å². The quantitative estimate of drug-likeness (QED) is 0.159. The van der Waals surface area contributed by atoms with E-state index in [4.69, 9.17) is 0 Å². The molecule has 0 aliphatic heterocycles. The Morgan fingerprint density at radius 1 is 0.510 bits per heavy atom. The highest BCUT2D eigenvalue weighted by Gasteiger charge is 2.16. The summed E-state index contributed by atoms with van der Waals surface area (Å²) in [5.41, 5.74) is 4.96. The lowest BCUT2D eigenvalue weighted by Crippen LogP contribution is -2.31. The lowest BCUT2D eigenvalue weighted by molar-refractivity contribution is 0.563. The predicted molar refractivity (Wildman–Crippen MR) is 218 cm³/mol. The van der Waals surface area contributed by atoms with Crippen LogP contribution < -0.4 is 14.2 Å². The molecule has 0 radical (unpaired) electrons. The molecule has 0 aromatic heterocycles. The SMILES string of the molecule is C.C.C.C.CCc1ccc(CS(=O)(=O)NC(C)C)cc1.Cc1ccc(CS(=O)(=O)NC(C)C)c(F)c1.Cc1ccc(CS(=O)(=O)NC(C)C)cc1. The summed E-state index contributed by atoms with van der Waals surface area (Å²) in [5, 5.41) is 0. The van der Waals surface area contributed by atoms with Gasteiger partial charge in [-0.25, -0.2) is 43.8 Å². The van der Waals surface area contributed by atoms with Gasteiger partial charge in [0, 0.05) is 23.7 Å². The molecule has 0 aliphatic rings. The third kappa shape index (κ3) is 25.0. The van der Waals surface area contributed by atoms with E-state index in [1.165, 1.54) is 17.7 Å². The van der Waals surface area contributed by atoms with Crippen LogP contribution in [0, 0.1) is 19.7 Å². The average Bonchev–Trinajstić information content (AvgIpc) is 2.90. The molecule has 0 saturated heterocycles. The second-order valence-electron chi connectivity index (χ2n) is 12.3. The van der Waals surface area contributed by atoms with Crippen LogP contribution in [0.5, 0.6) is 0 Å². The number of benzene rings is 3. The van der Waals surface area contributed by atoms with E-state index >= 15 is 0 Å². The van der Waals surface area contributed by atoms with Crippen molar-refractivity contribution in [2.75, 3.05) is 0 Å². The zero-order chi connectivity index (χ0) is 36.0. The maximum atomic E-state index is 13.4. The number of sulfonamides is 3. The molecule has 0 spiro atoms. The molecular weight excluding hydrogens is 710 g/mol. The summed E-state index contributed by atoms with van der Waals surface area (Å²) in [5.74, 6) is -0.702. The van der Waals surface area contributed by atoms with Crippen LogP contribution in [0.4, 0.5) is 4.39 Å². The highest BCUT2D eigenvalue weighted by atomic mass is 32.2. The van der Waals surface area contributed by atoms with Gasteiger partial charge < -0.3 is 0 Å². The topological polar surface area (TPSA) is 139 Å². The minimum Gasteiger partial charge on any atom is -0.212 e. The Bertz CT molecular complexity index is 1710. The molecule has 0 fully saturated rings. The molecule has 0 saturated carbocycles. The summed E-state index contributed by atoms with van der Waals surface area (Å²) in [6.45, 7) is 16.5. The maximum Gasteiger partial charge on any atom is 0.216 e. The lowest BCUT2D eigenvalue weighted by atomic mass is 10.1. The van der Waals surface area contributed by atoms with Crippen LogP contribution in [0.3, 0.4) is 0 Å². The number of aryl methyl sites for hydroxylation is 3. The Morgan fingerprint density at radius 3 is 1.16 bits per heavy atom. The summed E-state index contributed by atoms with van der Waals surface area (Å²) in [7, 11) is -9.86. The Morgan fingerprint density at radius 2 is 0.824 bits per heavy atom. The first kappa shape index (κ1) is 55.1. The van der Waals surface area contributed by atoms with Crippen LogP contribution in [0.2, 0.25) is 0 Å². The van der Waals surface area contributed by atoms with E-state index in [9.17, 15) is 29.6 Å². The zero-order valence-corrected chi connectivity index (χ0v) is 31.4. The van der Waals surface area contributed by atoms with Gasteiger partial charge in [-0.3, -0.25) is 0 Å². The van der Waals surface area contributed by atoms with Crippen LogP contribution in [0.25, 0.3) is 0 Å². The van der Waals surface area contributed by atoms with Gasteiger partial charge in [0.1, 0.15) is 5.82 Å². The molecule has 0 aliphatic carbocycles. The summed E-state index contributed by atoms with van der Waals surface area (Å²) in [6.07, 6.45) is 0.970. The van der Waals surface area contributed by atoms with Crippen LogP contribution in [0.15, 0.2) is 66.7 Å². The standard InChI is InChI=1S/C12H19NO2S.C11H16FNO2S.C11H17NO2S.4CH4/c1-4-11-5-7-12(8-6-11)9-16(14,15)13-10(2)3;1-8(2)13-16(14,15)7-10-5-4-9(3)6-11(10)12;1-9(2)12-15(13,14)8-11-6-4-10(3)5-7-11;;;;/h5-8,10,13H,4,9H2,1-3H3;4-6,8,13H,7H2,1-3H3;4-7,9,12H,8H2,1-3H3;4*1H4. The Labute approximate surface area is 312 Å². The highest BCUT2D eigenvalue weighted by molar-refractivity contribution is 7.89. The van der Waals surface area contributed by atoms with E-state index in [1.54, 1.807) is 26.8 Å². The minimum atomic E-state index is -3.46. The predicted octanol–water partition coefficient (Wildman–Crippen LogP) is 8.41. The molecule has 3 N–H and O–H groups in total. The molecule has 3 aromatic rings. The minimum absolute atomic E-state index is 0. The fourth-order valence-corrected chi connectivity index (χ4v) is 8.48. The number of hydrogen-bond acceptors (Lipinski definition) is 6. The van der Waals surface area contributed by atoms with Crippen LogP contribution in [0.1, 0.15) is 112 Å². The van der Waals surface area contributed by atoms with Crippen molar-refractivity contribution in [3.63, 3.8) is 0 Å². The lowest BCUT2D eigenvalue weighted by Gasteiger charge is -2.10. The maximum absolute atomic E-state index is 13.4. The van der Waals surface area contributed by atoms with Crippen LogP contribution in [-0.4, -0.2) is 43.4 Å². The largest absolute Gasteiger partial charge is 0.216 e. The molecule has 0 unspecified atom stereocenters. The summed E-state index contributed by atoms with van der Waals surface area (Å²) in [4.78, 5) is 0. The van der Waals surface area contributed by atoms with Gasteiger partial charge in [0.15, 0.2) is 0 Å². The molecule has 0 amide bonds. The van der Waals surface area contributed by atoms with Crippen molar-refractivity contribution >= 4 is 30.1 Å².